The van der Waals surface area contributed by atoms with Crippen LogP contribution in [-0.4, -0.2) is 9.91 Å². The van der Waals surface area contributed by atoms with Crippen LogP contribution in [0.2, 0.25) is 0 Å². The molecule has 3 rings (SSSR count). The maximum absolute atomic E-state index is 12.9. The van der Waals surface area contributed by atoms with E-state index in [0.29, 0.717) is 10.0 Å². The zero-order valence-electron chi connectivity index (χ0n) is 11.7. The SMILES string of the molecule is Cc1cc(F)c(Br)cc1[N+](=O)[O-].Fc1cc2cc[nH]c2cc1Br. The van der Waals surface area contributed by atoms with Crippen LogP contribution in [0.4, 0.5) is 14.5 Å². The second kappa shape index (κ2) is 7.18. The number of rotatable bonds is 1. The zero-order valence-corrected chi connectivity index (χ0v) is 14.9. The number of nitrogens with zero attached hydrogens (tertiary/aromatic N) is 1. The molecule has 4 nitrogen and oxygen atoms in total. The number of benzene rings is 2. The number of nitro groups is 1. The van der Waals surface area contributed by atoms with Crippen molar-refractivity contribution in [1.29, 1.82) is 0 Å². The highest BCUT2D eigenvalue weighted by Crippen LogP contribution is 2.25. The summed E-state index contributed by atoms with van der Waals surface area (Å²) < 4.78 is 26.2. The van der Waals surface area contributed by atoms with Gasteiger partial charge in [0, 0.05) is 28.7 Å². The smallest absolute Gasteiger partial charge is 0.273 e. The van der Waals surface area contributed by atoms with Gasteiger partial charge in [-0.2, -0.15) is 0 Å². The molecule has 2 aromatic carbocycles. The summed E-state index contributed by atoms with van der Waals surface area (Å²) >= 11 is 5.98. The Morgan fingerprint density at radius 3 is 2.35 bits per heavy atom. The van der Waals surface area contributed by atoms with Gasteiger partial charge in [0.2, 0.25) is 0 Å². The molecular formula is C15H10Br2F2N2O2. The summed E-state index contributed by atoms with van der Waals surface area (Å²) in [5.41, 5.74) is 1.18. The van der Waals surface area contributed by atoms with Crippen LogP contribution in [0.15, 0.2) is 45.5 Å². The standard InChI is InChI=1S/C8H5BrFN.C7H5BrFNO2/c9-6-4-8-5(1-2-11-8)3-7(6)10;1-4-2-6(9)5(8)3-7(4)10(11)12/h1-4,11H;2-3H,1H3. The number of nitrogens with one attached hydrogen (secondary N) is 1. The van der Waals surface area contributed by atoms with E-state index in [1.165, 1.54) is 13.0 Å². The third kappa shape index (κ3) is 4.14. The summed E-state index contributed by atoms with van der Waals surface area (Å²) in [6, 6.07) is 7.35. The molecule has 120 valence electrons. The largest absolute Gasteiger partial charge is 0.361 e. The molecule has 0 saturated heterocycles. The lowest BCUT2D eigenvalue weighted by atomic mass is 10.2. The van der Waals surface area contributed by atoms with Gasteiger partial charge in [0.25, 0.3) is 5.69 Å². The maximum Gasteiger partial charge on any atom is 0.273 e. The number of hydrogen-bond acceptors (Lipinski definition) is 2. The van der Waals surface area contributed by atoms with Gasteiger partial charge in [-0.15, -0.1) is 0 Å². The van der Waals surface area contributed by atoms with Gasteiger partial charge in [-0.25, -0.2) is 8.78 Å². The Hall–Kier alpha value is -1.80. The molecule has 0 amide bonds. The average molecular weight is 448 g/mol. The van der Waals surface area contributed by atoms with Gasteiger partial charge in [-0.05, 0) is 63.0 Å². The average Bonchev–Trinajstić information content (AvgIpc) is 2.91. The summed E-state index contributed by atoms with van der Waals surface area (Å²) in [6.45, 7) is 1.49. The minimum atomic E-state index is -0.542. The van der Waals surface area contributed by atoms with E-state index < -0.39 is 10.7 Å². The van der Waals surface area contributed by atoms with E-state index in [-0.39, 0.29) is 16.0 Å². The van der Waals surface area contributed by atoms with Gasteiger partial charge >= 0.3 is 0 Å². The molecule has 0 saturated carbocycles. The topological polar surface area (TPSA) is 58.9 Å². The van der Waals surface area contributed by atoms with E-state index in [1.54, 1.807) is 12.3 Å². The molecular weight excluding hydrogens is 438 g/mol. The van der Waals surface area contributed by atoms with E-state index in [2.05, 4.69) is 36.8 Å². The normalized spacial score (nSPS) is 10.3. The Labute approximate surface area is 146 Å². The second-order valence-electron chi connectivity index (χ2n) is 4.64. The van der Waals surface area contributed by atoms with Crippen LogP contribution in [0.25, 0.3) is 10.9 Å². The minimum Gasteiger partial charge on any atom is -0.361 e. The van der Waals surface area contributed by atoms with Crippen molar-refractivity contribution in [1.82, 2.24) is 4.98 Å². The predicted molar refractivity (Wildman–Crippen MR) is 91.4 cm³/mol. The van der Waals surface area contributed by atoms with Crippen molar-refractivity contribution in [2.75, 3.05) is 0 Å². The zero-order chi connectivity index (χ0) is 17.1. The minimum absolute atomic E-state index is 0.0803. The first kappa shape index (κ1) is 17.6. The third-order valence-corrected chi connectivity index (χ3v) is 4.25. The molecule has 1 heterocycles. The summed E-state index contributed by atoms with van der Waals surface area (Å²) in [7, 11) is 0. The fourth-order valence-corrected chi connectivity index (χ4v) is 2.55. The summed E-state index contributed by atoms with van der Waals surface area (Å²) in [5.74, 6) is -0.713. The summed E-state index contributed by atoms with van der Waals surface area (Å²) in [5, 5.41) is 11.2. The van der Waals surface area contributed by atoms with Crippen molar-refractivity contribution in [3.8, 4) is 0 Å². The van der Waals surface area contributed by atoms with E-state index in [1.807, 2.05) is 6.07 Å². The second-order valence-corrected chi connectivity index (χ2v) is 6.35. The summed E-state index contributed by atoms with van der Waals surface area (Å²) in [4.78, 5) is 12.8. The van der Waals surface area contributed by atoms with Crippen LogP contribution in [0.5, 0.6) is 0 Å². The molecule has 0 aliphatic rings. The van der Waals surface area contributed by atoms with Gasteiger partial charge in [-0.3, -0.25) is 10.1 Å². The lowest BCUT2D eigenvalue weighted by molar-refractivity contribution is -0.385. The number of H-pyrrole nitrogens is 1. The van der Waals surface area contributed by atoms with Crippen LogP contribution in [0.3, 0.4) is 0 Å². The monoisotopic (exact) mass is 446 g/mol. The highest BCUT2D eigenvalue weighted by Gasteiger charge is 2.13. The van der Waals surface area contributed by atoms with Crippen molar-refractivity contribution in [3.63, 3.8) is 0 Å². The number of aromatic amines is 1. The first-order valence-corrected chi connectivity index (χ1v) is 7.90. The van der Waals surface area contributed by atoms with Crippen molar-refractivity contribution in [2.24, 2.45) is 0 Å². The molecule has 23 heavy (non-hydrogen) atoms. The molecule has 8 heteroatoms. The van der Waals surface area contributed by atoms with Crippen LogP contribution >= 0.6 is 31.9 Å². The molecule has 1 aromatic heterocycles. The molecule has 3 aromatic rings. The van der Waals surface area contributed by atoms with Crippen molar-refractivity contribution in [3.05, 3.63) is 72.8 Å². The predicted octanol–water partition coefficient (Wildman–Crippen LogP) is 5.87. The van der Waals surface area contributed by atoms with Gasteiger partial charge in [0.05, 0.1) is 13.9 Å². The first-order valence-electron chi connectivity index (χ1n) is 6.31. The Morgan fingerprint density at radius 1 is 1.09 bits per heavy atom. The first-order chi connectivity index (χ1) is 10.8. The molecule has 0 aliphatic heterocycles. The van der Waals surface area contributed by atoms with E-state index in [0.717, 1.165) is 23.0 Å². The molecule has 0 fully saturated rings. The molecule has 0 unspecified atom stereocenters. The lowest BCUT2D eigenvalue weighted by Gasteiger charge is -1.98. The molecule has 0 radical (unpaired) electrons. The van der Waals surface area contributed by atoms with Gasteiger partial charge in [0.1, 0.15) is 11.6 Å². The van der Waals surface area contributed by atoms with Crippen LogP contribution in [-0.2, 0) is 0 Å². The lowest BCUT2D eigenvalue weighted by Crippen LogP contribution is -1.92. The third-order valence-electron chi connectivity index (χ3n) is 3.03. The quantitative estimate of drug-likeness (QED) is 0.374. The Bertz CT molecular complexity index is 845. The van der Waals surface area contributed by atoms with Crippen molar-refractivity contribution < 1.29 is 13.7 Å². The number of hydrogen-bond donors (Lipinski definition) is 1. The molecule has 1 N–H and O–H groups in total. The Balaban J connectivity index is 0.000000167. The van der Waals surface area contributed by atoms with Crippen molar-refractivity contribution >= 4 is 48.5 Å². The fraction of sp³-hybridized carbons (Fsp3) is 0.0667. The molecule has 0 spiro atoms. The van der Waals surface area contributed by atoms with Crippen LogP contribution in [0, 0.1) is 28.7 Å². The number of halogens is 4. The number of aryl methyl sites for hydroxylation is 1. The highest BCUT2D eigenvalue weighted by atomic mass is 79.9. The van der Waals surface area contributed by atoms with Gasteiger partial charge in [-0.1, -0.05) is 0 Å². The van der Waals surface area contributed by atoms with E-state index in [4.69, 9.17) is 0 Å². The van der Waals surface area contributed by atoms with Gasteiger partial charge < -0.3 is 4.98 Å². The summed E-state index contributed by atoms with van der Waals surface area (Å²) in [6.07, 6.45) is 1.79. The van der Waals surface area contributed by atoms with E-state index >= 15 is 0 Å². The van der Waals surface area contributed by atoms with Crippen molar-refractivity contribution in [2.45, 2.75) is 6.92 Å². The number of aromatic nitrogens is 1. The van der Waals surface area contributed by atoms with Crippen LogP contribution < -0.4 is 0 Å². The Kier molecular flexibility index (Phi) is 5.48. The number of fused-ring (bicyclic) bond motifs is 1. The molecule has 0 bridgehead atoms. The maximum atomic E-state index is 12.9. The van der Waals surface area contributed by atoms with Gasteiger partial charge in [0.15, 0.2) is 0 Å². The van der Waals surface area contributed by atoms with Crippen LogP contribution in [0.1, 0.15) is 5.56 Å². The Morgan fingerprint density at radius 2 is 1.70 bits per heavy atom. The highest BCUT2D eigenvalue weighted by molar-refractivity contribution is 9.10. The molecule has 0 atom stereocenters. The number of nitro benzene ring substituents is 1. The van der Waals surface area contributed by atoms with E-state index in [9.17, 15) is 18.9 Å². The molecule has 0 aliphatic carbocycles. The fourth-order valence-electron chi connectivity index (χ4n) is 1.88.